The van der Waals surface area contributed by atoms with Crippen LogP contribution in [0.25, 0.3) is 0 Å². The molecule has 0 aromatic heterocycles. The van der Waals surface area contributed by atoms with Crippen LogP contribution in [0.4, 0.5) is 0 Å². The van der Waals surface area contributed by atoms with Crippen LogP contribution in [0.3, 0.4) is 0 Å². The third-order valence-corrected chi connectivity index (χ3v) is 15.5. The molecule has 0 aliphatic rings. The number of hydrogen-bond donors (Lipinski definition) is 0. The fourth-order valence-electron chi connectivity index (χ4n) is 1.64. The average molecular weight is 251 g/mol. The molecule has 0 N–H and O–H groups in total. The molecular formula is C9H19ClGeO. The van der Waals surface area contributed by atoms with Crippen LogP contribution in [0.5, 0.6) is 0 Å². The molecule has 0 radical (unpaired) electrons. The van der Waals surface area contributed by atoms with Gasteiger partial charge in [0.25, 0.3) is 0 Å². The monoisotopic (exact) mass is 252 g/mol. The molecule has 0 fully saturated rings. The van der Waals surface area contributed by atoms with Gasteiger partial charge in [-0.3, -0.25) is 0 Å². The quantitative estimate of drug-likeness (QED) is 0.520. The summed E-state index contributed by atoms with van der Waals surface area (Å²) in [5, 5.41) is 4.97. The van der Waals surface area contributed by atoms with Crippen LogP contribution in [-0.4, -0.2) is 18.5 Å². The van der Waals surface area contributed by atoms with Crippen molar-refractivity contribution in [3.8, 4) is 0 Å². The third-order valence-electron chi connectivity index (χ3n) is 3.10. The van der Waals surface area contributed by atoms with Crippen molar-refractivity contribution in [3.63, 3.8) is 0 Å². The molecule has 0 aromatic carbocycles. The first-order valence-corrected chi connectivity index (χ1v) is 11.1. The van der Waals surface area contributed by atoms with Gasteiger partial charge in [0.05, 0.1) is 0 Å². The van der Waals surface area contributed by atoms with Crippen molar-refractivity contribution in [2.45, 2.75) is 48.2 Å². The van der Waals surface area contributed by atoms with E-state index in [1.807, 2.05) is 0 Å². The van der Waals surface area contributed by atoms with Gasteiger partial charge in [0, 0.05) is 0 Å². The Morgan fingerprint density at radius 3 is 1.83 bits per heavy atom. The Morgan fingerprint density at radius 1 is 1.17 bits per heavy atom. The Balaban J connectivity index is 4.01. The van der Waals surface area contributed by atoms with Crippen molar-refractivity contribution in [2.75, 3.05) is 0 Å². The van der Waals surface area contributed by atoms with E-state index >= 15 is 0 Å². The zero-order valence-corrected chi connectivity index (χ0v) is 11.2. The summed E-state index contributed by atoms with van der Waals surface area (Å²) in [6.07, 6.45) is 0.608. The van der Waals surface area contributed by atoms with Crippen molar-refractivity contribution in [3.05, 3.63) is 0 Å². The SMILES string of the molecule is C[CH2][Ge]([CH2]C)([CH2]C)[CH2]CC(=O)Cl. The van der Waals surface area contributed by atoms with E-state index in [4.69, 9.17) is 11.6 Å². The van der Waals surface area contributed by atoms with Gasteiger partial charge in [-0.15, -0.1) is 0 Å². The molecule has 12 heavy (non-hydrogen) atoms. The summed E-state index contributed by atoms with van der Waals surface area (Å²) in [5.41, 5.74) is 0. The van der Waals surface area contributed by atoms with E-state index in [1.165, 1.54) is 15.8 Å². The van der Waals surface area contributed by atoms with E-state index in [0.717, 1.165) is 5.25 Å². The summed E-state index contributed by atoms with van der Waals surface area (Å²) in [6.45, 7) is 6.81. The minimum atomic E-state index is -1.59. The van der Waals surface area contributed by atoms with Gasteiger partial charge in [-0.25, -0.2) is 0 Å². The van der Waals surface area contributed by atoms with E-state index in [9.17, 15) is 4.79 Å². The van der Waals surface area contributed by atoms with Crippen molar-refractivity contribution in [2.24, 2.45) is 0 Å². The van der Waals surface area contributed by atoms with Gasteiger partial charge in [-0.05, 0) is 0 Å². The molecule has 0 amide bonds. The normalized spacial score (nSPS) is 11.7. The predicted octanol–water partition coefficient (Wildman–Crippen LogP) is 3.65. The van der Waals surface area contributed by atoms with Crippen molar-refractivity contribution < 1.29 is 4.79 Å². The summed E-state index contributed by atoms with van der Waals surface area (Å²) >= 11 is 3.76. The molecule has 0 saturated carbocycles. The second-order valence-corrected chi connectivity index (χ2v) is 15.6. The first kappa shape index (κ1) is 12.5. The van der Waals surface area contributed by atoms with Crippen LogP contribution in [0, 0.1) is 0 Å². The van der Waals surface area contributed by atoms with Crippen molar-refractivity contribution in [1.29, 1.82) is 0 Å². The van der Waals surface area contributed by atoms with E-state index in [-0.39, 0.29) is 5.24 Å². The summed E-state index contributed by atoms with van der Waals surface area (Å²) in [5.74, 6) is 0. The number of hydrogen-bond acceptors (Lipinski definition) is 1. The summed E-state index contributed by atoms with van der Waals surface area (Å²) in [7, 11) is 0. The van der Waals surface area contributed by atoms with Gasteiger partial charge in [-0.1, -0.05) is 0 Å². The second kappa shape index (κ2) is 6.03. The van der Waals surface area contributed by atoms with Crippen LogP contribution in [-0.2, 0) is 4.79 Å². The molecule has 0 spiro atoms. The van der Waals surface area contributed by atoms with Gasteiger partial charge in [-0.2, -0.15) is 0 Å². The van der Waals surface area contributed by atoms with Gasteiger partial charge in [0.1, 0.15) is 0 Å². The topological polar surface area (TPSA) is 17.1 Å². The summed E-state index contributed by atoms with van der Waals surface area (Å²) < 4.78 is 0. The molecule has 0 bridgehead atoms. The number of carbonyl (C=O) groups is 1. The van der Waals surface area contributed by atoms with Gasteiger partial charge < -0.3 is 0 Å². The fourth-order valence-corrected chi connectivity index (χ4v) is 9.03. The Morgan fingerprint density at radius 2 is 1.58 bits per heavy atom. The van der Waals surface area contributed by atoms with Crippen LogP contribution in [0.1, 0.15) is 27.2 Å². The molecule has 0 rings (SSSR count). The fraction of sp³-hybridized carbons (Fsp3) is 0.889. The first-order valence-electron chi connectivity index (χ1n) is 4.78. The van der Waals surface area contributed by atoms with Gasteiger partial charge >= 0.3 is 83.1 Å². The van der Waals surface area contributed by atoms with Crippen LogP contribution in [0.15, 0.2) is 0 Å². The number of rotatable bonds is 6. The number of halogens is 1. The molecule has 0 aliphatic heterocycles. The first-order chi connectivity index (χ1) is 5.60. The van der Waals surface area contributed by atoms with Crippen LogP contribution in [0.2, 0.25) is 21.0 Å². The Hall–Kier alpha value is 0.503. The molecule has 1 nitrogen and oxygen atoms in total. The molecule has 0 atom stereocenters. The van der Waals surface area contributed by atoms with E-state index in [0.29, 0.717) is 6.42 Å². The Kier molecular flexibility index (Phi) is 6.29. The third kappa shape index (κ3) is 3.95. The second-order valence-electron chi connectivity index (χ2n) is 3.42. The van der Waals surface area contributed by atoms with E-state index in [2.05, 4.69) is 20.8 Å². The Labute approximate surface area is 83.2 Å². The maximum absolute atomic E-state index is 10.6. The number of carbonyl (C=O) groups excluding carboxylic acids is 1. The maximum atomic E-state index is 10.6. The van der Waals surface area contributed by atoms with E-state index in [1.54, 1.807) is 0 Å². The summed E-state index contributed by atoms with van der Waals surface area (Å²) in [4.78, 5) is 10.6. The standard InChI is InChI=1S/C9H19ClGeO/c1-4-11(5-2,6-3)8-7-9(10)12/h4-8H2,1-3H3. The predicted molar refractivity (Wildman–Crippen MR) is 57.5 cm³/mol. The molecule has 0 saturated heterocycles. The van der Waals surface area contributed by atoms with Gasteiger partial charge in [0.2, 0.25) is 0 Å². The van der Waals surface area contributed by atoms with E-state index < -0.39 is 13.3 Å². The van der Waals surface area contributed by atoms with Crippen molar-refractivity contribution >= 4 is 30.1 Å². The molecular weight excluding hydrogens is 232 g/mol. The molecule has 0 aromatic rings. The molecule has 0 heterocycles. The molecule has 72 valence electrons. The molecule has 0 unspecified atom stereocenters. The molecule has 3 heteroatoms. The Bertz CT molecular complexity index is 135. The van der Waals surface area contributed by atoms with Crippen molar-refractivity contribution in [1.82, 2.24) is 0 Å². The van der Waals surface area contributed by atoms with Crippen LogP contribution < -0.4 is 0 Å². The zero-order chi connectivity index (χ0) is 9.61. The minimum absolute atomic E-state index is 0.152. The van der Waals surface area contributed by atoms with Gasteiger partial charge in [0.15, 0.2) is 0 Å². The average Bonchev–Trinajstić information content (AvgIpc) is 2.08. The summed E-state index contributed by atoms with van der Waals surface area (Å²) in [6, 6.07) is 0. The molecule has 0 aliphatic carbocycles. The zero-order valence-electron chi connectivity index (χ0n) is 8.32. The van der Waals surface area contributed by atoms with Crippen LogP contribution >= 0.6 is 11.6 Å².